The number of aromatic amines is 2. The highest BCUT2D eigenvalue weighted by Crippen LogP contribution is 2.44. The second kappa shape index (κ2) is 40.8. The van der Waals surface area contributed by atoms with Crippen molar-refractivity contribution in [2.24, 2.45) is 109 Å². The molecule has 0 spiro atoms. The third-order valence-electron chi connectivity index (χ3n) is 19.7. The van der Waals surface area contributed by atoms with E-state index in [0.29, 0.717) is 95.6 Å². The van der Waals surface area contributed by atoms with E-state index < -0.39 is 0 Å². The molecule has 0 atom stereocenters. The fraction of sp³-hybridized carbons (Fsp3) is 0.0625. The molecule has 0 saturated carbocycles. The summed E-state index contributed by atoms with van der Waals surface area (Å²) < 4.78 is 34.8. The SMILES string of the molecule is COc1cc(N=C(N)N)ccc1-c1ccc(-c2ccc(N=C(N)N)cc2OC)o1.Cc1cc(N=C(N)N)ccc1-c1ccc(-c2ccc(N=C(N)N)cc2C)s1.N=C(N)c1ccc(-c2ccc(-c3nc4ccccc4[nH]3)o2)cc1.NC(N)=Nc1ccc(-c2ccc(-c3ccc(N=C(N)N)cc3Cl)o2)c(Cl)c1.c1ccc2[nH]c(-c3ccc(-c4ccc(C5=NCCN5)cc4)o3)nc2c1. The maximum absolute atomic E-state index is 7.42. The average molecular weight is 1810 g/mol. The number of imidazole rings is 2. The second-order valence-electron chi connectivity index (χ2n) is 29.1. The van der Waals surface area contributed by atoms with E-state index in [2.05, 4.69) is 110 Å². The van der Waals surface area contributed by atoms with Gasteiger partial charge in [-0.1, -0.05) is 108 Å². The number of rotatable bonds is 20. The fourth-order valence-corrected chi connectivity index (χ4v) is 15.5. The van der Waals surface area contributed by atoms with Gasteiger partial charge in [-0.05, 0) is 206 Å². The first-order valence-electron chi connectivity index (χ1n) is 40.1. The van der Waals surface area contributed by atoms with Crippen molar-refractivity contribution in [2.75, 3.05) is 27.3 Å². The van der Waals surface area contributed by atoms with E-state index in [4.69, 9.17) is 130 Å². The number of guanidine groups is 6. The summed E-state index contributed by atoms with van der Waals surface area (Å²) >= 11 is 14.4. The van der Waals surface area contributed by atoms with Crippen molar-refractivity contribution < 1.29 is 27.1 Å². The summed E-state index contributed by atoms with van der Waals surface area (Å²) in [5, 5.41) is 11.6. The number of ether oxygens (including phenoxy) is 2. The van der Waals surface area contributed by atoms with Gasteiger partial charge in [0.2, 0.25) is 0 Å². The normalized spacial score (nSPS) is 11.1. The number of aromatic nitrogens is 4. The first kappa shape index (κ1) is 90.0. The number of methoxy groups -OCH3 is 2. The van der Waals surface area contributed by atoms with Crippen LogP contribution >= 0.6 is 34.5 Å². The Bertz CT molecular complexity index is 6750. The Kier molecular flexibility index (Phi) is 28.0. The Balaban J connectivity index is 0.000000132. The number of hydrogen-bond acceptors (Lipinski definition) is 18. The summed E-state index contributed by atoms with van der Waals surface area (Å²) in [5.74, 6) is 8.95. The molecule has 7 aromatic heterocycles. The van der Waals surface area contributed by atoms with E-state index >= 15 is 0 Å². The lowest BCUT2D eigenvalue weighted by Gasteiger charge is -2.09. The first-order valence-corrected chi connectivity index (χ1v) is 41.7. The van der Waals surface area contributed by atoms with Crippen LogP contribution in [0.4, 0.5) is 34.1 Å². The van der Waals surface area contributed by atoms with Gasteiger partial charge < -0.3 is 117 Å². The lowest BCUT2D eigenvalue weighted by Crippen LogP contribution is -2.21. The molecule has 35 heteroatoms. The molecule has 0 amide bonds. The minimum atomic E-state index is -0.0436. The molecule has 0 saturated heterocycles. The standard InChI is InChI=1S/C20H22N6O3.C20H22N6S.C20H16N4O.C18H16Cl2N6O.C18H14N4O/c1-27-17-9-11(25-19(21)22)3-5-13(17)15-7-8-16(29-15)14-6-4-12(26-20(23)24)10-18(14)28-2;1-11-9-13(25-19(21)22)3-5-15(11)17-7-8-18(27-17)16-6-4-14(10-12(16)2)26-20(23)24;1-2-4-16-15(3-1)23-20(24-16)18-10-9-17(25-18)13-5-7-14(8-6-13)19-21-11-12-22-19;19-13-7-9(25-17(21)22)1-3-11(13)15-5-6-16(27-15)12-4-2-10(8-14(12)20)26-18(23)24;19-17(20)12-7-5-11(6-8-12)15-9-10-16(23-15)18-21-13-3-1-2-4-14(13)22-18/h3-10H,1-2H3,(H4,21,22,25)(H4,23,24,26);3-10H,1-2H3,(H4,21,22,25)(H4,23,24,26);1-10H,11-12H2,(H,21,22)(H,23,24);1-8H,(H4,21,22,25)(H4,23,24,26);1-10H,(H3,19,20)(H,21,22). The van der Waals surface area contributed by atoms with Crippen molar-refractivity contribution in [3.8, 4) is 123 Å². The molecule has 18 rings (SSSR count). The quantitative estimate of drug-likeness (QED) is 0.0249. The van der Waals surface area contributed by atoms with Gasteiger partial charge >= 0.3 is 0 Å². The number of nitrogen functional groups attached to an aromatic ring is 1. The molecule has 1 aliphatic rings. The number of benzene rings is 10. The largest absolute Gasteiger partial charge is 0.496 e. The van der Waals surface area contributed by atoms with Crippen LogP contribution in [-0.4, -0.2) is 94.7 Å². The van der Waals surface area contributed by atoms with Crippen LogP contribution in [0.2, 0.25) is 10.0 Å². The van der Waals surface area contributed by atoms with Gasteiger partial charge in [0.05, 0.1) is 98.1 Å². The molecule has 10 aromatic carbocycles. The van der Waals surface area contributed by atoms with Crippen molar-refractivity contribution in [1.29, 1.82) is 5.41 Å². The number of hydrogen-bond donors (Lipinski definition) is 17. The van der Waals surface area contributed by atoms with E-state index in [-0.39, 0.29) is 41.6 Å². The number of aryl methyl sites for hydroxylation is 2. The molecule has 17 aromatic rings. The number of thiophene rings is 1. The highest BCUT2D eigenvalue weighted by Gasteiger charge is 2.21. The van der Waals surface area contributed by atoms with Crippen LogP contribution in [0.15, 0.2) is 320 Å². The number of amidine groups is 2. The molecule has 0 radical (unpaired) electrons. The Morgan fingerprint density at radius 2 is 0.679 bits per heavy atom. The minimum Gasteiger partial charge on any atom is -0.496 e. The molecule has 660 valence electrons. The number of nitrogens with two attached hydrogens (primary N) is 13. The highest BCUT2D eigenvalue weighted by atomic mass is 35.5. The predicted octanol–water partition coefficient (Wildman–Crippen LogP) is 17.3. The summed E-state index contributed by atoms with van der Waals surface area (Å²) in [4.78, 5) is 46.6. The van der Waals surface area contributed by atoms with Crippen LogP contribution in [0.1, 0.15) is 22.3 Å². The highest BCUT2D eigenvalue weighted by molar-refractivity contribution is 7.18. The van der Waals surface area contributed by atoms with Gasteiger partial charge in [0.25, 0.3) is 0 Å². The molecule has 0 bridgehead atoms. The Labute approximate surface area is 764 Å². The summed E-state index contributed by atoms with van der Waals surface area (Å²) in [6.07, 6.45) is 0. The lowest BCUT2D eigenvalue weighted by molar-refractivity contribution is 0.413. The third kappa shape index (κ3) is 22.7. The molecular formula is C96H90Cl2N26O6S. The van der Waals surface area contributed by atoms with Crippen LogP contribution in [0.3, 0.4) is 0 Å². The van der Waals surface area contributed by atoms with E-state index in [9.17, 15) is 0 Å². The van der Waals surface area contributed by atoms with Gasteiger partial charge in [0.15, 0.2) is 58.9 Å². The van der Waals surface area contributed by atoms with Crippen LogP contribution in [0.25, 0.3) is 134 Å². The maximum atomic E-state index is 7.42. The zero-order valence-corrected chi connectivity index (χ0v) is 73.3. The number of fused-ring (bicyclic) bond motifs is 2. The van der Waals surface area contributed by atoms with E-state index in [1.165, 1.54) is 9.75 Å². The van der Waals surface area contributed by atoms with Gasteiger partial charge in [-0.3, -0.25) is 10.4 Å². The molecule has 0 fully saturated rings. The lowest BCUT2D eigenvalue weighted by atomic mass is 10.1. The molecule has 131 heavy (non-hydrogen) atoms. The monoisotopic (exact) mass is 1800 g/mol. The van der Waals surface area contributed by atoms with Crippen molar-refractivity contribution in [3.63, 3.8) is 0 Å². The van der Waals surface area contributed by atoms with Crippen molar-refractivity contribution >= 4 is 138 Å². The van der Waals surface area contributed by atoms with Gasteiger partial charge in [-0.15, -0.1) is 11.3 Å². The molecule has 1 aliphatic heterocycles. The molecule has 0 unspecified atom stereocenters. The maximum Gasteiger partial charge on any atom is 0.191 e. The van der Waals surface area contributed by atoms with Crippen molar-refractivity contribution in [3.05, 3.63) is 299 Å². The smallest absolute Gasteiger partial charge is 0.191 e. The van der Waals surface area contributed by atoms with Gasteiger partial charge in [0.1, 0.15) is 57.7 Å². The summed E-state index contributed by atoms with van der Waals surface area (Å²) in [5.41, 5.74) is 89.3. The average Bonchev–Trinajstić information content (AvgIpc) is 1.70. The Hall–Kier alpha value is -17.3. The second-order valence-corrected chi connectivity index (χ2v) is 31.0. The van der Waals surface area contributed by atoms with Gasteiger partial charge in [-0.25, -0.2) is 39.9 Å². The Morgan fingerprint density at radius 3 is 1.02 bits per heavy atom. The van der Waals surface area contributed by atoms with Crippen LogP contribution in [0, 0.1) is 19.3 Å². The van der Waals surface area contributed by atoms with Crippen molar-refractivity contribution in [2.45, 2.75) is 13.8 Å². The van der Waals surface area contributed by atoms with E-state index in [0.717, 1.165) is 126 Å². The summed E-state index contributed by atoms with van der Waals surface area (Å²) in [6, 6.07) is 83.5. The van der Waals surface area contributed by atoms with Gasteiger partial charge in [-0.2, -0.15) is 0 Å². The van der Waals surface area contributed by atoms with Crippen LogP contribution in [-0.2, 0) is 0 Å². The summed E-state index contributed by atoms with van der Waals surface area (Å²) in [6.45, 7) is 5.86. The number of halogens is 2. The topological polar surface area (TPSA) is 589 Å². The first-order chi connectivity index (χ1) is 63.1. The van der Waals surface area contributed by atoms with E-state index in [1.54, 1.807) is 110 Å². The summed E-state index contributed by atoms with van der Waals surface area (Å²) in [7, 11) is 3.13. The molecular weight excluding hydrogens is 1720 g/mol. The number of nitrogens with zero attached hydrogens (tertiary/aromatic N) is 9. The number of para-hydroxylation sites is 4. The number of nitrogens with one attached hydrogen (secondary N) is 4. The predicted molar refractivity (Wildman–Crippen MR) is 529 cm³/mol. The number of H-pyrrole nitrogens is 2. The molecule has 30 N–H and O–H groups in total. The third-order valence-corrected chi connectivity index (χ3v) is 21.5. The van der Waals surface area contributed by atoms with Crippen LogP contribution in [0.5, 0.6) is 11.5 Å². The number of furan rings is 4. The zero-order valence-electron chi connectivity index (χ0n) is 71.0. The Morgan fingerprint density at radius 1 is 0.359 bits per heavy atom. The van der Waals surface area contributed by atoms with Crippen LogP contribution < -0.4 is 89.3 Å². The molecule has 0 aliphatic carbocycles. The van der Waals surface area contributed by atoms with Crippen molar-refractivity contribution in [1.82, 2.24) is 25.3 Å². The number of aliphatic imine (C=N–C) groups is 7. The van der Waals surface area contributed by atoms with Gasteiger partial charge in [0, 0.05) is 61.8 Å². The fourth-order valence-electron chi connectivity index (χ4n) is 13.8. The minimum absolute atomic E-state index is 0.0312. The molecule has 32 nitrogen and oxygen atoms in total. The van der Waals surface area contributed by atoms with E-state index in [1.807, 2.05) is 146 Å². The molecule has 8 heterocycles. The zero-order chi connectivity index (χ0) is 92.5.